The van der Waals surface area contributed by atoms with Crippen LogP contribution in [0.25, 0.3) is 11.0 Å². The van der Waals surface area contributed by atoms with Crippen LogP contribution in [-0.2, 0) is 24.3 Å². The van der Waals surface area contributed by atoms with Crippen molar-refractivity contribution >= 4 is 34.2 Å². The zero-order valence-electron chi connectivity index (χ0n) is 20.8. The lowest BCUT2D eigenvalue weighted by molar-refractivity contribution is -0.121. The molecule has 1 aromatic heterocycles. The summed E-state index contributed by atoms with van der Waals surface area (Å²) in [5.74, 6) is 1.13. The number of nitrogens with one attached hydrogen (secondary N) is 1. The monoisotopic (exact) mass is 500 g/mol. The van der Waals surface area contributed by atoms with Crippen molar-refractivity contribution in [1.82, 2.24) is 14.5 Å². The van der Waals surface area contributed by atoms with Gasteiger partial charge >= 0.3 is 0 Å². The van der Waals surface area contributed by atoms with Gasteiger partial charge in [-0.1, -0.05) is 67.4 Å². The van der Waals surface area contributed by atoms with Crippen LogP contribution in [0.15, 0.2) is 72.8 Å². The Morgan fingerprint density at radius 2 is 1.81 bits per heavy atom. The van der Waals surface area contributed by atoms with E-state index >= 15 is 0 Å². The molecule has 186 valence electrons. The molecular weight excluding hydrogens is 468 g/mol. The molecule has 6 heteroatoms. The van der Waals surface area contributed by atoms with E-state index in [1.54, 1.807) is 0 Å². The van der Waals surface area contributed by atoms with Gasteiger partial charge in [0, 0.05) is 23.8 Å². The summed E-state index contributed by atoms with van der Waals surface area (Å²) in [5.41, 5.74) is 5.47. The number of benzene rings is 3. The van der Waals surface area contributed by atoms with Crippen LogP contribution in [0.2, 0.25) is 5.02 Å². The fraction of sp³-hybridized carbons (Fsp3) is 0.333. The predicted molar refractivity (Wildman–Crippen MR) is 147 cm³/mol. The second kappa shape index (κ2) is 11.3. The molecule has 1 fully saturated rings. The lowest BCUT2D eigenvalue weighted by atomic mass is 9.96. The molecule has 1 saturated heterocycles. The molecule has 5 rings (SSSR count). The van der Waals surface area contributed by atoms with Gasteiger partial charge in [0.05, 0.1) is 23.5 Å². The molecule has 0 bridgehead atoms. The minimum absolute atomic E-state index is 0.0254. The molecule has 0 radical (unpaired) electrons. The number of likely N-dealkylation sites (tertiary alicyclic amines) is 1. The average molecular weight is 501 g/mol. The highest BCUT2D eigenvalue weighted by molar-refractivity contribution is 6.30. The third-order valence-electron chi connectivity index (χ3n) is 7.02. The van der Waals surface area contributed by atoms with Crippen LogP contribution in [0.1, 0.15) is 43.1 Å². The summed E-state index contributed by atoms with van der Waals surface area (Å²) in [6.45, 7) is 5.33. The second-order valence-corrected chi connectivity index (χ2v) is 10.1. The van der Waals surface area contributed by atoms with Crippen LogP contribution in [-0.4, -0.2) is 33.4 Å². The predicted octanol–water partition coefficient (Wildman–Crippen LogP) is 6.54. The number of aromatic nitrogens is 2. The van der Waals surface area contributed by atoms with Crippen molar-refractivity contribution in [3.8, 4) is 0 Å². The van der Waals surface area contributed by atoms with Gasteiger partial charge in [-0.05, 0) is 67.3 Å². The minimum atomic E-state index is -0.0254. The van der Waals surface area contributed by atoms with Gasteiger partial charge in [0.1, 0.15) is 5.82 Å². The first-order valence-corrected chi connectivity index (χ1v) is 13.3. The Labute approximate surface area is 218 Å². The zero-order valence-corrected chi connectivity index (χ0v) is 21.5. The van der Waals surface area contributed by atoms with E-state index in [9.17, 15) is 4.79 Å². The molecule has 4 aromatic rings. The Morgan fingerprint density at radius 3 is 2.64 bits per heavy atom. The second-order valence-electron chi connectivity index (χ2n) is 9.70. The van der Waals surface area contributed by atoms with Crippen molar-refractivity contribution in [2.24, 2.45) is 5.92 Å². The highest BCUT2D eigenvalue weighted by atomic mass is 35.5. The van der Waals surface area contributed by atoms with Crippen molar-refractivity contribution in [1.29, 1.82) is 0 Å². The number of carbonyl (C=O) groups is 1. The summed E-state index contributed by atoms with van der Waals surface area (Å²) in [4.78, 5) is 20.6. The first kappa shape index (κ1) is 24.5. The first-order chi connectivity index (χ1) is 17.6. The Morgan fingerprint density at radius 1 is 1.03 bits per heavy atom. The molecule has 1 amide bonds. The number of nitrogens with zero attached hydrogens (tertiary/aromatic N) is 3. The first-order valence-electron chi connectivity index (χ1n) is 12.9. The van der Waals surface area contributed by atoms with Crippen molar-refractivity contribution in [2.75, 3.05) is 18.4 Å². The third-order valence-corrected chi connectivity index (χ3v) is 7.28. The van der Waals surface area contributed by atoms with Gasteiger partial charge in [0.25, 0.3) is 0 Å². The molecule has 5 nitrogen and oxygen atoms in total. The molecule has 0 unspecified atom stereocenters. The van der Waals surface area contributed by atoms with Gasteiger partial charge in [0.15, 0.2) is 0 Å². The quantitative estimate of drug-likeness (QED) is 0.299. The SMILES string of the molecule is CCCc1ccccc1NC(=O)[C@@H]1CCCN(Cc2nc3ccccc3n2Cc2ccc(Cl)cc2)C1. The average Bonchev–Trinajstić information content (AvgIpc) is 3.23. The largest absolute Gasteiger partial charge is 0.326 e. The van der Waals surface area contributed by atoms with Gasteiger partial charge in [-0.2, -0.15) is 0 Å². The van der Waals surface area contributed by atoms with Gasteiger partial charge < -0.3 is 9.88 Å². The van der Waals surface area contributed by atoms with Crippen LogP contribution in [0.3, 0.4) is 0 Å². The Bertz CT molecular complexity index is 1330. The normalized spacial score (nSPS) is 16.3. The van der Waals surface area contributed by atoms with Crippen molar-refractivity contribution in [3.05, 3.63) is 94.8 Å². The van der Waals surface area contributed by atoms with Gasteiger partial charge in [-0.15, -0.1) is 0 Å². The lowest BCUT2D eigenvalue weighted by Gasteiger charge is -2.32. The molecule has 0 saturated carbocycles. The summed E-state index contributed by atoms with van der Waals surface area (Å²) < 4.78 is 2.29. The van der Waals surface area contributed by atoms with Gasteiger partial charge in [-0.3, -0.25) is 9.69 Å². The van der Waals surface area contributed by atoms with Crippen LogP contribution >= 0.6 is 11.6 Å². The molecule has 1 N–H and O–H groups in total. The summed E-state index contributed by atoms with van der Waals surface area (Å²) in [6.07, 6.45) is 3.95. The number of piperidine rings is 1. The fourth-order valence-electron chi connectivity index (χ4n) is 5.17. The standard InChI is InChI=1S/C30H33ClN4O/c1-2-8-23-9-3-4-11-26(23)33-30(36)24-10-7-18-34(20-24)21-29-32-27-12-5-6-13-28(27)35(29)19-22-14-16-25(31)17-15-22/h3-6,9,11-17,24H,2,7-8,10,18-21H2,1H3,(H,33,36)/t24-/m1/s1. The molecular formula is C30H33ClN4O. The maximum atomic E-state index is 13.2. The lowest BCUT2D eigenvalue weighted by Crippen LogP contribution is -2.40. The number of amides is 1. The molecule has 1 aliphatic heterocycles. The van der Waals surface area contributed by atoms with Crippen molar-refractivity contribution in [3.63, 3.8) is 0 Å². The van der Waals surface area contributed by atoms with E-state index in [1.807, 2.05) is 36.4 Å². The van der Waals surface area contributed by atoms with E-state index in [4.69, 9.17) is 16.6 Å². The van der Waals surface area contributed by atoms with Crippen LogP contribution in [0.4, 0.5) is 5.69 Å². The number of aryl methyl sites for hydroxylation is 1. The number of rotatable bonds is 8. The number of anilines is 1. The number of para-hydroxylation sites is 3. The van der Waals surface area contributed by atoms with Crippen LogP contribution in [0, 0.1) is 5.92 Å². The van der Waals surface area contributed by atoms with E-state index in [-0.39, 0.29) is 11.8 Å². The third kappa shape index (κ3) is 5.63. The summed E-state index contributed by atoms with van der Waals surface area (Å²) in [5, 5.41) is 3.96. The van der Waals surface area contributed by atoms with Gasteiger partial charge in [0.2, 0.25) is 5.91 Å². The van der Waals surface area contributed by atoms with Gasteiger partial charge in [-0.25, -0.2) is 4.98 Å². The molecule has 2 heterocycles. The molecule has 0 spiro atoms. The summed E-state index contributed by atoms with van der Waals surface area (Å²) in [7, 11) is 0. The number of hydrogen-bond acceptors (Lipinski definition) is 3. The maximum Gasteiger partial charge on any atom is 0.228 e. The van der Waals surface area contributed by atoms with Crippen LogP contribution in [0.5, 0.6) is 0 Å². The number of halogens is 1. The van der Waals surface area contributed by atoms with Crippen molar-refractivity contribution < 1.29 is 4.79 Å². The molecule has 0 aliphatic carbocycles. The minimum Gasteiger partial charge on any atom is -0.326 e. The van der Waals surface area contributed by atoms with Crippen molar-refractivity contribution in [2.45, 2.75) is 45.7 Å². The number of carbonyl (C=O) groups excluding carboxylic acids is 1. The van der Waals surface area contributed by atoms with Crippen LogP contribution < -0.4 is 5.32 Å². The van der Waals surface area contributed by atoms with E-state index in [1.165, 1.54) is 11.1 Å². The highest BCUT2D eigenvalue weighted by Crippen LogP contribution is 2.25. The van der Waals surface area contributed by atoms with E-state index in [0.717, 1.165) is 79.4 Å². The Balaban J connectivity index is 1.32. The fourth-order valence-corrected chi connectivity index (χ4v) is 5.30. The smallest absolute Gasteiger partial charge is 0.228 e. The van der Waals surface area contributed by atoms with E-state index < -0.39 is 0 Å². The number of fused-ring (bicyclic) bond motifs is 1. The molecule has 36 heavy (non-hydrogen) atoms. The van der Waals surface area contributed by atoms with E-state index in [2.05, 4.69) is 58.1 Å². The zero-order chi connectivity index (χ0) is 24.9. The highest BCUT2D eigenvalue weighted by Gasteiger charge is 2.27. The topological polar surface area (TPSA) is 50.2 Å². The van der Waals surface area contributed by atoms with E-state index in [0.29, 0.717) is 0 Å². The number of hydrogen-bond donors (Lipinski definition) is 1. The Kier molecular flexibility index (Phi) is 7.69. The molecule has 3 aromatic carbocycles. The maximum absolute atomic E-state index is 13.2. The number of imidazole rings is 1. The Hall–Kier alpha value is -3.15. The molecule has 1 aliphatic rings. The molecule has 1 atom stereocenters. The summed E-state index contributed by atoms with van der Waals surface area (Å²) >= 11 is 6.10. The summed E-state index contributed by atoms with van der Waals surface area (Å²) in [6, 6.07) is 24.4.